The topological polar surface area (TPSA) is 229 Å². The molecule has 0 rings (SSSR count). The van der Waals surface area contributed by atoms with Crippen LogP contribution in [0.4, 0.5) is 52.7 Å². The fourth-order valence-electron chi connectivity index (χ4n) is 0. The van der Waals surface area contributed by atoms with Gasteiger partial charge in [0.05, 0.1) is 0 Å². The Morgan fingerprint density at radius 2 is 0.364 bits per heavy atom. The summed E-state index contributed by atoms with van der Waals surface area (Å²) in [5.74, 6) is 0. The molecule has 29 heteroatoms. The number of hydrogen-bond acceptors (Lipinski definition) is 12. The van der Waals surface area contributed by atoms with Gasteiger partial charge in [-0.05, 0) is 0 Å². The molecular weight excluding hydrogens is 780 g/mol. The summed E-state index contributed by atoms with van der Waals surface area (Å²) in [6, 6.07) is 0. The monoisotopic (exact) mass is 780 g/mol. The van der Waals surface area contributed by atoms with Crippen LogP contribution in [-0.4, -0.2) is 73.9 Å². The summed E-state index contributed by atoms with van der Waals surface area (Å²) in [5.41, 5.74) is -22.6. The van der Waals surface area contributed by atoms with Crippen molar-refractivity contribution in [2.75, 3.05) is 0 Å². The third-order valence-electron chi connectivity index (χ3n) is 1.13. The SMILES string of the molecule is O=S(=O)([O-])C(F)(F)F.O=S(=O)([O-])C(F)(F)F.O=S(=O)([O-])C(F)(F)F.O=S(=O)([O-])C(F)(F)F.[W+4]. The molecule has 0 atom stereocenters. The van der Waals surface area contributed by atoms with E-state index in [9.17, 15) is 52.7 Å². The predicted molar refractivity (Wildman–Crippen MR) is 63.0 cm³/mol. The van der Waals surface area contributed by atoms with Crippen molar-refractivity contribution in [1.29, 1.82) is 0 Å². The predicted octanol–water partition coefficient (Wildman–Crippen LogP) is 0.203. The molecule has 0 aromatic rings. The van der Waals surface area contributed by atoms with Gasteiger partial charge in [-0.2, -0.15) is 52.7 Å². The van der Waals surface area contributed by atoms with Crippen molar-refractivity contribution in [3.63, 3.8) is 0 Å². The van der Waals surface area contributed by atoms with E-state index in [0.717, 1.165) is 0 Å². The van der Waals surface area contributed by atoms with E-state index in [-0.39, 0.29) is 21.1 Å². The summed E-state index contributed by atoms with van der Waals surface area (Å²) in [5, 5.41) is 0. The van der Waals surface area contributed by atoms with Gasteiger partial charge in [-0.25, -0.2) is 33.7 Å². The van der Waals surface area contributed by atoms with Crippen molar-refractivity contribution < 1.29 is 126 Å². The van der Waals surface area contributed by atoms with Gasteiger partial charge in [0.15, 0.2) is 40.5 Å². The van der Waals surface area contributed by atoms with E-state index in [1.165, 1.54) is 0 Å². The number of hydrogen-bond donors (Lipinski definition) is 0. The fraction of sp³-hybridized carbons (Fsp3) is 1.00. The first-order valence-electron chi connectivity index (χ1n) is 5.08. The Morgan fingerprint density at radius 1 is 0.333 bits per heavy atom. The second-order valence-corrected chi connectivity index (χ2v) is 9.08. The first kappa shape index (κ1) is 42.6. The van der Waals surface area contributed by atoms with Gasteiger partial charge in [-0.3, -0.25) is 0 Å². The number of rotatable bonds is 0. The second kappa shape index (κ2) is 13.0. The smallest absolute Gasteiger partial charge is 0.741 e. The van der Waals surface area contributed by atoms with E-state index in [2.05, 4.69) is 0 Å². The van der Waals surface area contributed by atoms with Crippen LogP contribution in [-0.2, 0) is 61.5 Å². The minimum Gasteiger partial charge on any atom is -0.741 e. The van der Waals surface area contributed by atoms with Crippen molar-refractivity contribution in [2.24, 2.45) is 0 Å². The van der Waals surface area contributed by atoms with E-state index in [0.29, 0.717) is 0 Å². The molecule has 0 N–H and O–H groups in total. The summed E-state index contributed by atoms with van der Waals surface area (Å²) in [6.45, 7) is 0. The molecule has 0 heterocycles. The maximum absolute atomic E-state index is 10.7. The number of halogens is 12. The van der Waals surface area contributed by atoms with Crippen LogP contribution in [0.15, 0.2) is 0 Å². The van der Waals surface area contributed by atoms with Crippen LogP contribution in [0.1, 0.15) is 0 Å². The summed E-state index contributed by atoms with van der Waals surface area (Å²) >= 11 is 0. The first-order valence-corrected chi connectivity index (χ1v) is 10.7. The van der Waals surface area contributed by atoms with Crippen LogP contribution >= 0.6 is 0 Å². The Labute approximate surface area is 188 Å². The Morgan fingerprint density at radius 3 is 0.364 bits per heavy atom. The van der Waals surface area contributed by atoms with Crippen LogP contribution in [0.25, 0.3) is 0 Å². The van der Waals surface area contributed by atoms with Crippen molar-refractivity contribution in [3.8, 4) is 0 Å². The van der Waals surface area contributed by atoms with Crippen LogP contribution < -0.4 is 0 Å². The molecule has 33 heavy (non-hydrogen) atoms. The van der Waals surface area contributed by atoms with Crippen LogP contribution in [0, 0.1) is 0 Å². The van der Waals surface area contributed by atoms with E-state index < -0.39 is 62.5 Å². The maximum atomic E-state index is 10.7. The standard InChI is InChI=1S/4CHF3O3S.W/c4*2-1(3,4)8(5,6)7;/h4*(H,5,6,7);/q;;;;+4/p-4. The van der Waals surface area contributed by atoms with Gasteiger partial charge in [0, 0.05) is 0 Å². The average molecular weight is 780 g/mol. The van der Waals surface area contributed by atoms with Gasteiger partial charge in [0.2, 0.25) is 0 Å². The molecule has 0 aliphatic carbocycles. The fourth-order valence-corrected chi connectivity index (χ4v) is 0. The molecule has 202 valence electrons. The summed E-state index contributed by atoms with van der Waals surface area (Å²) in [4.78, 5) is 0. The molecule has 0 saturated carbocycles. The van der Waals surface area contributed by atoms with Gasteiger partial charge < -0.3 is 18.2 Å². The van der Waals surface area contributed by atoms with E-state index in [1.54, 1.807) is 0 Å². The van der Waals surface area contributed by atoms with Crippen LogP contribution in [0.2, 0.25) is 0 Å². The molecular formula is C4F12O12S4W. The van der Waals surface area contributed by atoms with E-state index in [1.807, 2.05) is 0 Å². The third kappa shape index (κ3) is 21.7. The molecule has 0 spiro atoms. The zero-order valence-corrected chi connectivity index (χ0v) is 19.7. The summed E-state index contributed by atoms with van der Waals surface area (Å²) in [7, 11) is -24.4. The van der Waals surface area contributed by atoms with Crippen molar-refractivity contribution >= 4 is 40.5 Å². The molecule has 0 fully saturated rings. The zero-order valence-electron chi connectivity index (χ0n) is 13.5. The Bertz CT molecular complexity index is 828. The molecule has 0 amide bonds. The van der Waals surface area contributed by atoms with Crippen molar-refractivity contribution in [2.45, 2.75) is 22.0 Å². The maximum Gasteiger partial charge on any atom is 4.00 e. The minimum absolute atomic E-state index is 0. The molecule has 0 unspecified atom stereocenters. The largest absolute Gasteiger partial charge is 4.00 e. The Kier molecular flexibility index (Phi) is 16.8. The normalized spacial score (nSPS) is 13.6. The van der Waals surface area contributed by atoms with E-state index in [4.69, 9.17) is 51.9 Å². The van der Waals surface area contributed by atoms with Gasteiger partial charge in [0.25, 0.3) is 0 Å². The molecule has 0 aliphatic heterocycles. The van der Waals surface area contributed by atoms with Gasteiger partial charge in [-0.15, -0.1) is 0 Å². The molecule has 0 bridgehead atoms. The third-order valence-corrected chi connectivity index (χ3v) is 3.40. The van der Waals surface area contributed by atoms with Crippen LogP contribution in [0.3, 0.4) is 0 Å². The average Bonchev–Trinajstić information content (AvgIpc) is 2.30. The van der Waals surface area contributed by atoms with Gasteiger partial charge in [0.1, 0.15) is 0 Å². The Balaban J connectivity index is -0.000000105. The molecule has 0 radical (unpaired) electrons. The molecule has 0 aromatic heterocycles. The van der Waals surface area contributed by atoms with Crippen LogP contribution in [0.5, 0.6) is 0 Å². The van der Waals surface area contributed by atoms with Crippen molar-refractivity contribution in [3.05, 3.63) is 0 Å². The number of alkyl halides is 12. The molecule has 12 nitrogen and oxygen atoms in total. The van der Waals surface area contributed by atoms with E-state index >= 15 is 0 Å². The molecule has 0 aromatic carbocycles. The van der Waals surface area contributed by atoms with Gasteiger partial charge >= 0.3 is 43.1 Å². The van der Waals surface area contributed by atoms with Gasteiger partial charge in [-0.1, -0.05) is 0 Å². The van der Waals surface area contributed by atoms with Crippen molar-refractivity contribution in [1.82, 2.24) is 0 Å². The Hall–Kier alpha value is -0.512. The summed E-state index contributed by atoms with van der Waals surface area (Å²) < 4.78 is 236. The quantitative estimate of drug-likeness (QED) is 0.183. The molecule has 0 saturated heterocycles. The summed E-state index contributed by atoms with van der Waals surface area (Å²) in [6.07, 6.45) is 0. The second-order valence-electron chi connectivity index (χ2n) is 3.60. The minimum atomic E-state index is -6.09. The zero-order chi connectivity index (χ0) is 28.0. The first-order chi connectivity index (χ1) is 13.0. The molecule has 0 aliphatic rings.